The van der Waals surface area contributed by atoms with Crippen LogP contribution in [-0.2, 0) is 16.6 Å². The highest BCUT2D eigenvalue weighted by Gasteiger charge is 2.38. The second-order valence-corrected chi connectivity index (χ2v) is 9.67. The van der Waals surface area contributed by atoms with Crippen molar-refractivity contribution in [2.75, 3.05) is 0 Å². The fraction of sp³-hybridized carbons (Fsp3) is 0.348. The molecule has 0 bridgehead atoms. The molecule has 0 N–H and O–H groups in total. The second-order valence-electron chi connectivity index (χ2n) is 7.86. The quantitative estimate of drug-likeness (QED) is 0.621. The van der Waals surface area contributed by atoms with Gasteiger partial charge in [-0.05, 0) is 32.3 Å². The number of aromatic nitrogens is 2. The van der Waals surface area contributed by atoms with Crippen LogP contribution in [0.4, 0.5) is 0 Å². The minimum atomic E-state index is -3.66. The third kappa shape index (κ3) is 4.00. The maximum Gasteiger partial charge on any atom is 0.247 e. The van der Waals surface area contributed by atoms with Crippen LogP contribution in [0.2, 0.25) is 0 Å². The predicted octanol–water partition coefficient (Wildman–Crippen LogP) is 4.55. The number of piperidine rings is 1. The molecule has 1 fully saturated rings. The highest BCUT2D eigenvalue weighted by atomic mass is 32.2. The first-order valence-corrected chi connectivity index (χ1v) is 11.6. The van der Waals surface area contributed by atoms with Crippen molar-refractivity contribution in [3.8, 4) is 11.3 Å². The van der Waals surface area contributed by atoms with Crippen molar-refractivity contribution in [3.05, 3.63) is 72.4 Å². The van der Waals surface area contributed by atoms with E-state index in [4.69, 9.17) is 5.10 Å². The van der Waals surface area contributed by atoms with E-state index >= 15 is 0 Å². The van der Waals surface area contributed by atoms with Crippen LogP contribution in [0, 0.1) is 0 Å². The zero-order valence-electron chi connectivity index (χ0n) is 16.9. The zero-order valence-corrected chi connectivity index (χ0v) is 17.7. The number of rotatable bonds is 5. The Hall–Kier alpha value is -2.44. The Bertz CT molecular complexity index is 1050. The molecule has 1 aliphatic heterocycles. The summed E-state index contributed by atoms with van der Waals surface area (Å²) in [6, 6.07) is 19.5. The molecule has 5 nitrogen and oxygen atoms in total. The first kappa shape index (κ1) is 19.9. The zero-order chi connectivity index (χ0) is 20.4. The van der Waals surface area contributed by atoms with Crippen LogP contribution >= 0.6 is 0 Å². The average Bonchev–Trinajstić information content (AvgIpc) is 3.14. The monoisotopic (exact) mass is 409 g/mol. The lowest BCUT2D eigenvalue weighted by Crippen LogP contribution is -2.47. The molecule has 6 heteroatoms. The van der Waals surface area contributed by atoms with Gasteiger partial charge >= 0.3 is 0 Å². The SMILES string of the molecule is CC1CCCC(C)N1S(=O)(=O)c1cn(Cc2ccccc2)nc1-c1ccccc1. The summed E-state index contributed by atoms with van der Waals surface area (Å²) in [5.41, 5.74) is 2.42. The topological polar surface area (TPSA) is 55.2 Å². The number of nitrogens with zero attached hydrogens (tertiary/aromatic N) is 3. The van der Waals surface area contributed by atoms with Crippen molar-refractivity contribution in [1.29, 1.82) is 0 Å². The van der Waals surface area contributed by atoms with Gasteiger partial charge in [-0.1, -0.05) is 67.1 Å². The van der Waals surface area contributed by atoms with Gasteiger partial charge < -0.3 is 0 Å². The Morgan fingerprint density at radius 2 is 1.52 bits per heavy atom. The molecule has 0 saturated carbocycles. The van der Waals surface area contributed by atoms with Crippen molar-refractivity contribution in [3.63, 3.8) is 0 Å². The fourth-order valence-electron chi connectivity index (χ4n) is 4.22. The van der Waals surface area contributed by atoms with Crippen LogP contribution in [0.1, 0.15) is 38.7 Å². The third-order valence-corrected chi connectivity index (χ3v) is 7.76. The normalized spacial score (nSPS) is 20.6. The van der Waals surface area contributed by atoms with Gasteiger partial charge in [0, 0.05) is 23.8 Å². The van der Waals surface area contributed by atoms with Gasteiger partial charge in [-0.25, -0.2) is 8.42 Å². The lowest BCUT2D eigenvalue weighted by atomic mass is 10.0. The van der Waals surface area contributed by atoms with Crippen molar-refractivity contribution in [2.45, 2.75) is 56.6 Å². The predicted molar refractivity (Wildman–Crippen MR) is 115 cm³/mol. The molecule has 2 heterocycles. The molecule has 0 amide bonds. The van der Waals surface area contributed by atoms with Gasteiger partial charge in [0.05, 0.1) is 6.54 Å². The van der Waals surface area contributed by atoms with Crippen molar-refractivity contribution in [2.24, 2.45) is 0 Å². The van der Waals surface area contributed by atoms with E-state index in [1.165, 1.54) is 0 Å². The third-order valence-electron chi connectivity index (χ3n) is 5.63. The molecule has 0 aliphatic carbocycles. The Balaban J connectivity index is 1.80. The van der Waals surface area contributed by atoms with Gasteiger partial charge in [-0.3, -0.25) is 4.68 Å². The summed E-state index contributed by atoms with van der Waals surface area (Å²) in [5.74, 6) is 0. The molecular weight excluding hydrogens is 382 g/mol. The summed E-state index contributed by atoms with van der Waals surface area (Å²) >= 11 is 0. The molecule has 29 heavy (non-hydrogen) atoms. The van der Waals surface area contributed by atoms with E-state index in [1.54, 1.807) is 15.2 Å². The summed E-state index contributed by atoms with van der Waals surface area (Å²) in [5, 5.41) is 4.70. The van der Waals surface area contributed by atoms with Gasteiger partial charge in [-0.2, -0.15) is 9.40 Å². The standard InChI is InChI=1S/C23H27N3O2S/c1-18-10-9-11-19(2)26(18)29(27,28)22-17-25(16-20-12-5-3-6-13-20)24-23(22)21-14-7-4-8-15-21/h3-8,12-15,17-19H,9-11,16H2,1-2H3. The summed E-state index contributed by atoms with van der Waals surface area (Å²) in [6.45, 7) is 4.54. The molecule has 1 aromatic heterocycles. The first-order chi connectivity index (χ1) is 14.0. The Kier molecular flexibility index (Phi) is 5.56. The molecule has 2 unspecified atom stereocenters. The van der Waals surface area contributed by atoms with Crippen LogP contribution in [0.25, 0.3) is 11.3 Å². The fourth-order valence-corrected chi connectivity index (χ4v) is 6.27. The molecule has 0 radical (unpaired) electrons. The van der Waals surface area contributed by atoms with E-state index in [9.17, 15) is 8.42 Å². The Morgan fingerprint density at radius 1 is 0.931 bits per heavy atom. The molecule has 152 valence electrons. The molecule has 1 aliphatic rings. The first-order valence-electron chi connectivity index (χ1n) is 10.2. The summed E-state index contributed by atoms with van der Waals surface area (Å²) in [7, 11) is -3.66. The molecule has 4 rings (SSSR count). The van der Waals surface area contributed by atoms with Crippen LogP contribution in [0.5, 0.6) is 0 Å². The van der Waals surface area contributed by atoms with E-state index in [-0.39, 0.29) is 12.1 Å². The number of hydrogen-bond donors (Lipinski definition) is 0. The van der Waals surface area contributed by atoms with Gasteiger partial charge in [-0.15, -0.1) is 0 Å². The van der Waals surface area contributed by atoms with Crippen LogP contribution in [0.3, 0.4) is 0 Å². The van der Waals surface area contributed by atoms with E-state index in [0.717, 1.165) is 30.4 Å². The lowest BCUT2D eigenvalue weighted by molar-refractivity contribution is 0.204. The Morgan fingerprint density at radius 3 is 2.14 bits per heavy atom. The van der Waals surface area contributed by atoms with Gasteiger partial charge in [0.15, 0.2) is 0 Å². The molecule has 2 aromatic carbocycles. The van der Waals surface area contributed by atoms with Gasteiger partial charge in [0.25, 0.3) is 0 Å². The maximum atomic E-state index is 13.7. The second kappa shape index (κ2) is 8.13. The minimum Gasteiger partial charge on any atom is -0.266 e. The van der Waals surface area contributed by atoms with Crippen molar-refractivity contribution < 1.29 is 8.42 Å². The van der Waals surface area contributed by atoms with Crippen LogP contribution < -0.4 is 0 Å². The smallest absolute Gasteiger partial charge is 0.247 e. The summed E-state index contributed by atoms with van der Waals surface area (Å²) < 4.78 is 30.9. The summed E-state index contributed by atoms with van der Waals surface area (Å²) in [6.07, 6.45) is 4.54. The van der Waals surface area contributed by atoms with E-state index in [2.05, 4.69) is 0 Å². The average molecular weight is 410 g/mol. The molecule has 0 spiro atoms. The van der Waals surface area contributed by atoms with E-state index in [0.29, 0.717) is 17.1 Å². The van der Waals surface area contributed by atoms with E-state index < -0.39 is 10.0 Å². The van der Waals surface area contributed by atoms with Crippen molar-refractivity contribution in [1.82, 2.24) is 14.1 Å². The highest BCUT2D eigenvalue weighted by molar-refractivity contribution is 7.89. The number of sulfonamides is 1. The largest absolute Gasteiger partial charge is 0.266 e. The van der Waals surface area contributed by atoms with Crippen LogP contribution in [0.15, 0.2) is 71.8 Å². The molecule has 2 atom stereocenters. The molecular formula is C23H27N3O2S. The lowest BCUT2D eigenvalue weighted by Gasteiger charge is -2.37. The highest BCUT2D eigenvalue weighted by Crippen LogP contribution is 2.34. The summed E-state index contributed by atoms with van der Waals surface area (Å²) in [4.78, 5) is 0.292. The number of benzene rings is 2. The van der Waals surface area contributed by atoms with Gasteiger partial charge in [0.1, 0.15) is 10.6 Å². The van der Waals surface area contributed by atoms with Crippen LogP contribution in [-0.4, -0.2) is 34.6 Å². The molecule has 1 saturated heterocycles. The van der Waals surface area contributed by atoms with Crippen molar-refractivity contribution >= 4 is 10.0 Å². The minimum absolute atomic E-state index is 0.00940. The Labute approximate surface area is 173 Å². The van der Waals surface area contributed by atoms with Gasteiger partial charge in [0.2, 0.25) is 10.0 Å². The number of hydrogen-bond acceptors (Lipinski definition) is 3. The van der Waals surface area contributed by atoms with E-state index in [1.807, 2.05) is 74.5 Å². The maximum absolute atomic E-state index is 13.7. The molecule has 3 aromatic rings.